The minimum Gasteiger partial charge on any atom is -0.494 e. The summed E-state index contributed by atoms with van der Waals surface area (Å²) >= 11 is 0. The minimum atomic E-state index is -0.262. The second-order valence-corrected chi connectivity index (χ2v) is 12.6. The lowest BCUT2D eigenvalue weighted by Gasteiger charge is -2.06. The normalized spacial score (nSPS) is 11.2. The van der Waals surface area contributed by atoms with Crippen molar-refractivity contribution in [1.29, 1.82) is 0 Å². The monoisotopic (exact) mass is 618 g/mol. The topological polar surface area (TPSA) is 60.2 Å². The van der Waals surface area contributed by atoms with E-state index in [0.717, 1.165) is 49.4 Å². The average molecular weight is 619 g/mol. The highest BCUT2D eigenvalue weighted by molar-refractivity contribution is 5.86. The Morgan fingerprint density at radius 1 is 0.578 bits per heavy atom. The van der Waals surface area contributed by atoms with Gasteiger partial charge >= 0.3 is 5.97 Å². The number of benzene rings is 2. The first-order valence-corrected chi connectivity index (χ1v) is 18.1. The Balaban J connectivity index is 1.32. The molecule has 2 rings (SSSR count). The highest BCUT2D eigenvalue weighted by Crippen LogP contribution is 2.22. The first kappa shape index (κ1) is 38.2. The van der Waals surface area contributed by atoms with Crippen molar-refractivity contribution in [1.82, 2.24) is 0 Å². The molecule has 0 unspecified atom stereocenters. The zero-order valence-corrected chi connectivity index (χ0v) is 28.7. The first-order valence-electron chi connectivity index (χ1n) is 18.1. The van der Waals surface area contributed by atoms with Crippen molar-refractivity contribution in [2.24, 2.45) is 10.2 Å². The van der Waals surface area contributed by atoms with E-state index in [0.29, 0.717) is 12.2 Å². The maximum Gasteiger partial charge on any atom is 0.333 e. The maximum absolute atomic E-state index is 11.3. The van der Waals surface area contributed by atoms with E-state index in [1.807, 2.05) is 36.4 Å². The van der Waals surface area contributed by atoms with Crippen LogP contribution in [-0.2, 0) is 16.0 Å². The van der Waals surface area contributed by atoms with Gasteiger partial charge in [0.05, 0.1) is 24.6 Å². The third kappa shape index (κ3) is 20.7. The summed E-state index contributed by atoms with van der Waals surface area (Å²) in [7, 11) is 0. The number of rotatable bonds is 28. The van der Waals surface area contributed by atoms with Crippen molar-refractivity contribution < 1.29 is 14.3 Å². The van der Waals surface area contributed by atoms with E-state index in [1.54, 1.807) is 6.92 Å². The molecule has 0 saturated carbocycles. The molecule has 0 heterocycles. The Kier molecular flexibility index (Phi) is 22.3. The van der Waals surface area contributed by atoms with Gasteiger partial charge in [0.1, 0.15) is 5.75 Å². The molecule has 0 aliphatic rings. The van der Waals surface area contributed by atoms with Gasteiger partial charge in [0.25, 0.3) is 0 Å². The van der Waals surface area contributed by atoms with Crippen molar-refractivity contribution in [3.8, 4) is 5.75 Å². The minimum absolute atomic E-state index is 0.262. The van der Waals surface area contributed by atoms with E-state index >= 15 is 0 Å². The summed E-state index contributed by atoms with van der Waals surface area (Å²) in [6, 6.07) is 16.3. The molecule has 45 heavy (non-hydrogen) atoms. The Morgan fingerprint density at radius 3 is 1.40 bits per heavy atom. The number of unbranched alkanes of at least 4 members (excludes halogenated alkanes) is 18. The van der Waals surface area contributed by atoms with E-state index in [1.165, 1.54) is 115 Å². The van der Waals surface area contributed by atoms with E-state index in [4.69, 9.17) is 9.47 Å². The number of hydrogen-bond acceptors (Lipinski definition) is 5. The first-order chi connectivity index (χ1) is 22.1. The highest BCUT2D eigenvalue weighted by atomic mass is 16.5. The fourth-order valence-electron chi connectivity index (χ4n) is 5.35. The number of azo groups is 1. The molecule has 0 aliphatic carbocycles. The van der Waals surface area contributed by atoms with Gasteiger partial charge in [-0.05, 0) is 74.6 Å². The molecule has 2 aromatic carbocycles. The van der Waals surface area contributed by atoms with Crippen LogP contribution in [0, 0.1) is 0 Å². The van der Waals surface area contributed by atoms with Gasteiger partial charge in [-0.15, -0.1) is 0 Å². The summed E-state index contributed by atoms with van der Waals surface area (Å²) in [6.45, 7) is 8.82. The maximum atomic E-state index is 11.3. The lowest BCUT2D eigenvalue weighted by molar-refractivity contribution is -0.139. The zero-order chi connectivity index (χ0) is 32.2. The smallest absolute Gasteiger partial charge is 0.333 e. The lowest BCUT2D eigenvalue weighted by atomic mass is 10.0. The zero-order valence-electron chi connectivity index (χ0n) is 28.7. The number of aryl methyl sites for hydroxylation is 1. The molecule has 250 valence electrons. The van der Waals surface area contributed by atoms with Crippen molar-refractivity contribution in [2.75, 3.05) is 13.2 Å². The number of nitrogens with zero attached hydrogens (tertiary/aromatic N) is 2. The summed E-state index contributed by atoms with van der Waals surface area (Å²) in [4.78, 5) is 11.3. The van der Waals surface area contributed by atoms with Crippen LogP contribution in [0.4, 0.5) is 11.4 Å². The molecule has 0 amide bonds. The molecule has 0 aliphatic heterocycles. The molecule has 5 nitrogen and oxygen atoms in total. The SMILES string of the molecule is C=C(C)C(=O)OCCCCCCCCCCCCCCCCCCCCOc1ccc(N=Nc2ccc(CCCC)cc2)cc1. The second kappa shape index (κ2) is 26.3. The van der Waals surface area contributed by atoms with E-state index in [9.17, 15) is 4.79 Å². The fourth-order valence-corrected chi connectivity index (χ4v) is 5.35. The van der Waals surface area contributed by atoms with Gasteiger partial charge in [-0.1, -0.05) is 135 Å². The molecule has 0 radical (unpaired) electrons. The molecule has 0 aromatic heterocycles. The van der Waals surface area contributed by atoms with Gasteiger partial charge in [-0.3, -0.25) is 0 Å². The molecule has 0 saturated heterocycles. The van der Waals surface area contributed by atoms with Crippen LogP contribution in [0.3, 0.4) is 0 Å². The Bertz CT molecular complexity index is 1050. The number of hydrogen-bond donors (Lipinski definition) is 0. The largest absolute Gasteiger partial charge is 0.494 e. The predicted molar refractivity (Wildman–Crippen MR) is 190 cm³/mol. The van der Waals surface area contributed by atoms with Gasteiger partial charge in [-0.25, -0.2) is 4.79 Å². The van der Waals surface area contributed by atoms with Crippen LogP contribution in [0.15, 0.2) is 70.9 Å². The third-order valence-electron chi connectivity index (χ3n) is 8.26. The van der Waals surface area contributed by atoms with E-state index in [2.05, 4.69) is 35.9 Å². The van der Waals surface area contributed by atoms with Crippen molar-refractivity contribution in [3.05, 3.63) is 66.2 Å². The molecule has 0 spiro atoms. The van der Waals surface area contributed by atoms with Crippen LogP contribution in [0.5, 0.6) is 5.75 Å². The molecular weight excluding hydrogens is 556 g/mol. The number of esters is 1. The summed E-state index contributed by atoms with van der Waals surface area (Å²) < 4.78 is 11.1. The van der Waals surface area contributed by atoms with Crippen LogP contribution in [-0.4, -0.2) is 19.2 Å². The Morgan fingerprint density at radius 2 is 0.978 bits per heavy atom. The number of carbonyl (C=O) groups is 1. The van der Waals surface area contributed by atoms with Gasteiger partial charge < -0.3 is 9.47 Å². The molecule has 0 fully saturated rings. The fraction of sp³-hybridized carbons (Fsp3) is 0.625. The molecule has 5 heteroatoms. The van der Waals surface area contributed by atoms with Crippen LogP contribution in [0.1, 0.15) is 148 Å². The number of ether oxygens (including phenoxy) is 2. The van der Waals surface area contributed by atoms with Crippen molar-refractivity contribution in [2.45, 2.75) is 149 Å². The van der Waals surface area contributed by atoms with Crippen LogP contribution >= 0.6 is 0 Å². The summed E-state index contributed by atoms with van der Waals surface area (Å²) in [5.41, 5.74) is 3.57. The molecular formula is C40H62N2O3. The van der Waals surface area contributed by atoms with E-state index in [-0.39, 0.29) is 5.97 Å². The second-order valence-electron chi connectivity index (χ2n) is 12.6. The van der Waals surface area contributed by atoms with Gasteiger partial charge in [0.15, 0.2) is 0 Å². The molecule has 0 bridgehead atoms. The van der Waals surface area contributed by atoms with Crippen molar-refractivity contribution in [3.63, 3.8) is 0 Å². The van der Waals surface area contributed by atoms with E-state index < -0.39 is 0 Å². The molecule has 0 atom stereocenters. The molecule has 2 aromatic rings. The number of carbonyl (C=O) groups excluding carboxylic acids is 1. The lowest BCUT2D eigenvalue weighted by Crippen LogP contribution is -2.05. The standard InChI is InChI=1S/C40H62N2O3/c1-4-5-24-36-25-27-37(28-26-36)41-42-38-29-31-39(32-30-38)44-33-22-20-18-16-14-12-10-8-6-7-9-11-13-15-17-19-21-23-34-45-40(43)35(2)3/h25-32H,2,4-24,33-34H2,1,3H3. The van der Waals surface area contributed by atoms with Crippen LogP contribution in [0.25, 0.3) is 0 Å². The van der Waals surface area contributed by atoms with Crippen LogP contribution in [0.2, 0.25) is 0 Å². The Labute approximate surface area is 275 Å². The predicted octanol–water partition coefficient (Wildman–Crippen LogP) is 13.0. The summed E-state index contributed by atoms with van der Waals surface area (Å²) in [5.74, 6) is 0.643. The average Bonchev–Trinajstić information content (AvgIpc) is 3.06. The molecule has 0 N–H and O–H groups in total. The summed E-state index contributed by atoms with van der Waals surface area (Å²) in [6.07, 6.45) is 27.1. The van der Waals surface area contributed by atoms with Gasteiger partial charge in [0.2, 0.25) is 0 Å². The van der Waals surface area contributed by atoms with Gasteiger partial charge in [0, 0.05) is 5.57 Å². The van der Waals surface area contributed by atoms with Crippen molar-refractivity contribution >= 4 is 17.3 Å². The third-order valence-corrected chi connectivity index (χ3v) is 8.26. The summed E-state index contributed by atoms with van der Waals surface area (Å²) in [5, 5.41) is 8.73. The van der Waals surface area contributed by atoms with Crippen LogP contribution < -0.4 is 4.74 Å². The Hall–Kier alpha value is -2.95. The van der Waals surface area contributed by atoms with Gasteiger partial charge in [-0.2, -0.15) is 10.2 Å². The quantitative estimate of drug-likeness (QED) is 0.0412. The highest BCUT2D eigenvalue weighted by Gasteiger charge is 2.02.